The number of hydrogen-bond acceptors (Lipinski definition) is 4. The summed E-state index contributed by atoms with van der Waals surface area (Å²) in [7, 11) is 1.93. The van der Waals surface area contributed by atoms with Crippen molar-refractivity contribution in [2.24, 2.45) is 12.0 Å². The smallest absolute Gasteiger partial charge is 0.194 e. The van der Waals surface area contributed by atoms with Crippen LogP contribution in [0.2, 0.25) is 0 Å². The minimum atomic E-state index is -0.425. The molecule has 1 aromatic heterocycles. The molecule has 0 aliphatic carbocycles. The molecule has 1 aliphatic rings. The number of halogens is 3. The number of hydrogen-bond donors (Lipinski definition) is 1. The highest BCUT2D eigenvalue weighted by Crippen LogP contribution is 2.22. The number of piperazine rings is 1. The lowest BCUT2D eigenvalue weighted by Crippen LogP contribution is -2.53. The van der Waals surface area contributed by atoms with Crippen molar-refractivity contribution >= 4 is 35.6 Å². The van der Waals surface area contributed by atoms with Crippen LogP contribution in [0.4, 0.5) is 14.5 Å². The number of nitrogens with one attached hydrogen (secondary N) is 1. The molecule has 30 heavy (non-hydrogen) atoms. The van der Waals surface area contributed by atoms with Gasteiger partial charge in [-0.1, -0.05) is 13.3 Å². The summed E-state index contributed by atoms with van der Waals surface area (Å²) in [4.78, 5) is 8.79. The molecule has 2 heterocycles. The molecule has 1 N–H and O–H groups in total. The van der Waals surface area contributed by atoms with Gasteiger partial charge in [-0.15, -0.1) is 34.2 Å². The highest BCUT2D eigenvalue weighted by Gasteiger charge is 2.22. The Bertz CT molecular complexity index is 848. The summed E-state index contributed by atoms with van der Waals surface area (Å²) in [6.07, 6.45) is 2.14. The van der Waals surface area contributed by atoms with Crippen molar-refractivity contribution in [3.05, 3.63) is 41.5 Å². The van der Waals surface area contributed by atoms with Gasteiger partial charge < -0.3 is 19.7 Å². The minimum Gasteiger partial charge on any atom is -0.366 e. The number of aryl methyl sites for hydroxylation is 1. The van der Waals surface area contributed by atoms with Crippen LogP contribution in [-0.4, -0.2) is 58.3 Å². The predicted molar refractivity (Wildman–Crippen MR) is 125 cm³/mol. The maximum atomic E-state index is 14.1. The van der Waals surface area contributed by atoms with Crippen molar-refractivity contribution in [1.29, 1.82) is 0 Å². The Labute approximate surface area is 193 Å². The van der Waals surface area contributed by atoms with Crippen LogP contribution in [0.5, 0.6) is 0 Å². The largest absolute Gasteiger partial charge is 0.366 e. The molecule has 0 saturated carbocycles. The Kier molecular flexibility index (Phi) is 9.25. The van der Waals surface area contributed by atoms with Gasteiger partial charge >= 0.3 is 0 Å². The average molecular weight is 533 g/mol. The lowest BCUT2D eigenvalue weighted by molar-refractivity contribution is 0.369. The van der Waals surface area contributed by atoms with E-state index in [0.29, 0.717) is 38.4 Å². The first-order valence-electron chi connectivity index (χ1n) is 10.1. The van der Waals surface area contributed by atoms with E-state index >= 15 is 0 Å². The van der Waals surface area contributed by atoms with E-state index in [9.17, 15) is 8.78 Å². The molecule has 3 rings (SSSR count). The standard InChI is InChI=1S/C20H29F2N7.HI/c1-4-5-8-23-20(24-14-19-26-25-15(2)27(19)3)29-11-9-28(10-12-29)18-13-16(21)6-7-17(18)22;/h6-7,13H,4-5,8-12,14H2,1-3H3,(H,23,24);1H. The molecule has 0 amide bonds. The lowest BCUT2D eigenvalue weighted by atomic mass is 10.2. The molecule has 1 aliphatic heterocycles. The van der Waals surface area contributed by atoms with Gasteiger partial charge in [0.05, 0.1) is 5.69 Å². The predicted octanol–water partition coefficient (Wildman–Crippen LogP) is 3.09. The van der Waals surface area contributed by atoms with Crippen LogP contribution < -0.4 is 10.2 Å². The van der Waals surface area contributed by atoms with Gasteiger partial charge in [-0.3, -0.25) is 0 Å². The number of rotatable bonds is 6. The van der Waals surface area contributed by atoms with E-state index in [2.05, 4.69) is 27.3 Å². The van der Waals surface area contributed by atoms with Crippen LogP contribution >= 0.6 is 24.0 Å². The lowest BCUT2D eigenvalue weighted by Gasteiger charge is -2.37. The summed E-state index contributed by atoms with van der Waals surface area (Å²) in [6, 6.07) is 3.58. The number of aromatic nitrogens is 3. The van der Waals surface area contributed by atoms with Gasteiger partial charge in [0.15, 0.2) is 11.8 Å². The Morgan fingerprint density at radius 2 is 1.90 bits per heavy atom. The van der Waals surface area contributed by atoms with Crippen molar-refractivity contribution in [2.75, 3.05) is 37.6 Å². The van der Waals surface area contributed by atoms with E-state index in [4.69, 9.17) is 4.99 Å². The molecule has 1 fully saturated rings. The van der Waals surface area contributed by atoms with Gasteiger partial charge in [-0.05, 0) is 25.5 Å². The van der Waals surface area contributed by atoms with Crippen molar-refractivity contribution in [3.8, 4) is 0 Å². The van der Waals surface area contributed by atoms with E-state index in [0.717, 1.165) is 43.1 Å². The zero-order valence-corrected chi connectivity index (χ0v) is 20.1. The molecular formula is C20H30F2IN7. The van der Waals surface area contributed by atoms with E-state index in [1.165, 1.54) is 12.1 Å². The second kappa shape index (κ2) is 11.4. The monoisotopic (exact) mass is 533 g/mol. The molecule has 7 nitrogen and oxygen atoms in total. The van der Waals surface area contributed by atoms with E-state index in [1.54, 1.807) is 0 Å². The number of unbranched alkanes of at least 4 members (excludes halogenated alkanes) is 1. The Morgan fingerprint density at radius 3 is 2.53 bits per heavy atom. The number of aliphatic imine (C=N–C) groups is 1. The zero-order chi connectivity index (χ0) is 20.8. The fourth-order valence-electron chi connectivity index (χ4n) is 3.27. The maximum Gasteiger partial charge on any atom is 0.194 e. The second-order valence-electron chi connectivity index (χ2n) is 7.21. The molecule has 10 heteroatoms. The fraction of sp³-hybridized carbons (Fsp3) is 0.550. The van der Waals surface area contributed by atoms with Crippen molar-refractivity contribution < 1.29 is 8.78 Å². The molecule has 0 radical (unpaired) electrons. The first-order chi connectivity index (χ1) is 14.0. The van der Waals surface area contributed by atoms with Crippen molar-refractivity contribution in [1.82, 2.24) is 25.0 Å². The molecule has 0 atom stereocenters. The SMILES string of the molecule is CCCCNC(=NCc1nnc(C)n1C)N1CCN(c2cc(F)ccc2F)CC1.I. The highest BCUT2D eigenvalue weighted by atomic mass is 127. The number of nitrogens with zero attached hydrogens (tertiary/aromatic N) is 6. The number of benzene rings is 1. The topological polar surface area (TPSA) is 61.6 Å². The normalized spacial score (nSPS) is 14.6. The van der Waals surface area contributed by atoms with Crippen LogP contribution in [0.25, 0.3) is 0 Å². The molecule has 2 aromatic rings. The Morgan fingerprint density at radius 1 is 1.17 bits per heavy atom. The zero-order valence-electron chi connectivity index (χ0n) is 17.7. The van der Waals surface area contributed by atoms with Crippen LogP contribution in [0.3, 0.4) is 0 Å². The van der Waals surface area contributed by atoms with Crippen LogP contribution in [0.1, 0.15) is 31.4 Å². The molecule has 1 aromatic carbocycles. The molecule has 0 bridgehead atoms. The Balaban J connectivity index is 0.00000320. The van der Waals surface area contributed by atoms with Gasteiger partial charge in [0.2, 0.25) is 0 Å². The maximum absolute atomic E-state index is 14.1. The first kappa shape index (κ1) is 24.3. The molecule has 0 spiro atoms. The summed E-state index contributed by atoms with van der Waals surface area (Å²) in [5, 5.41) is 11.7. The van der Waals surface area contributed by atoms with Gasteiger partial charge in [0, 0.05) is 45.8 Å². The van der Waals surface area contributed by atoms with E-state index in [1.807, 2.05) is 23.4 Å². The first-order valence-corrected chi connectivity index (χ1v) is 10.1. The minimum absolute atomic E-state index is 0. The third kappa shape index (κ3) is 6.02. The molecule has 1 saturated heterocycles. The number of guanidine groups is 1. The third-order valence-electron chi connectivity index (χ3n) is 5.19. The number of anilines is 1. The van der Waals surface area contributed by atoms with Crippen LogP contribution in [0.15, 0.2) is 23.2 Å². The Hall–Kier alpha value is -1.98. The van der Waals surface area contributed by atoms with Gasteiger partial charge in [0.25, 0.3) is 0 Å². The third-order valence-corrected chi connectivity index (χ3v) is 5.19. The summed E-state index contributed by atoms with van der Waals surface area (Å²) < 4.78 is 29.5. The van der Waals surface area contributed by atoms with Crippen molar-refractivity contribution in [3.63, 3.8) is 0 Å². The quantitative estimate of drug-likeness (QED) is 0.268. The highest BCUT2D eigenvalue weighted by molar-refractivity contribution is 14.0. The van der Waals surface area contributed by atoms with E-state index in [-0.39, 0.29) is 24.0 Å². The summed E-state index contributed by atoms with van der Waals surface area (Å²) in [5.41, 5.74) is 0.316. The summed E-state index contributed by atoms with van der Waals surface area (Å²) >= 11 is 0. The average Bonchev–Trinajstić information content (AvgIpc) is 3.05. The molecule has 0 unspecified atom stereocenters. The van der Waals surface area contributed by atoms with Crippen molar-refractivity contribution in [2.45, 2.75) is 33.2 Å². The van der Waals surface area contributed by atoms with Crippen LogP contribution in [0, 0.1) is 18.6 Å². The molecule has 166 valence electrons. The second-order valence-corrected chi connectivity index (χ2v) is 7.21. The fourth-order valence-corrected chi connectivity index (χ4v) is 3.27. The van der Waals surface area contributed by atoms with E-state index < -0.39 is 11.6 Å². The van der Waals surface area contributed by atoms with Gasteiger partial charge in [-0.25, -0.2) is 13.8 Å². The molecular weight excluding hydrogens is 503 g/mol. The van der Waals surface area contributed by atoms with Gasteiger partial charge in [-0.2, -0.15) is 0 Å². The summed E-state index contributed by atoms with van der Waals surface area (Å²) in [6.45, 7) is 7.86. The van der Waals surface area contributed by atoms with Crippen LogP contribution in [-0.2, 0) is 13.6 Å². The summed E-state index contributed by atoms with van der Waals surface area (Å²) in [5.74, 6) is 1.65. The van der Waals surface area contributed by atoms with Gasteiger partial charge in [0.1, 0.15) is 24.0 Å².